The maximum absolute atomic E-state index is 10.2. The molecule has 0 heterocycles. The molecule has 104 valence electrons. The Morgan fingerprint density at radius 1 is 1.28 bits per heavy atom. The van der Waals surface area contributed by atoms with Crippen LogP contribution in [0.3, 0.4) is 0 Å². The van der Waals surface area contributed by atoms with E-state index in [0.29, 0.717) is 19.4 Å². The fourth-order valence-corrected chi connectivity index (χ4v) is 0.973. The summed E-state index contributed by atoms with van der Waals surface area (Å²) in [6.45, 7) is 0.420. The first-order chi connectivity index (χ1) is 8.34. The second-order valence-electron chi connectivity index (χ2n) is 4.01. The van der Waals surface area contributed by atoms with Crippen molar-refractivity contribution in [1.82, 2.24) is 0 Å². The third-order valence-corrected chi connectivity index (χ3v) is 2.21. The second kappa shape index (κ2) is 8.29. The number of nitrogens with two attached hydrogens (primary N) is 3. The number of nitrogens with zero attached hydrogens (tertiary/aromatic N) is 1. The number of carboxylic acids is 2. The van der Waals surface area contributed by atoms with E-state index in [1.165, 1.54) is 0 Å². The lowest BCUT2D eigenvalue weighted by molar-refractivity contribution is -0.139. The fourth-order valence-electron chi connectivity index (χ4n) is 0.973. The first-order valence-electron chi connectivity index (χ1n) is 5.61. The summed E-state index contributed by atoms with van der Waals surface area (Å²) in [7, 11) is 0. The SMILES string of the molecule is NC(N)=NCCCC(N)C(=O)O.O=C(O)C1CC1. The lowest BCUT2D eigenvalue weighted by atomic mass is 10.2. The fraction of sp³-hybridized carbons (Fsp3) is 0.700. The molecule has 1 fully saturated rings. The molecule has 18 heavy (non-hydrogen) atoms. The standard InChI is InChI=1S/C6H14N4O2.C4H6O2/c7-4(5(11)12)2-1-3-10-6(8)9;5-4(6)3-1-2-3/h4H,1-3,7H2,(H,11,12)(H4,8,9,10);3H,1-2H2,(H,5,6). The van der Waals surface area contributed by atoms with Gasteiger partial charge in [-0.25, -0.2) is 0 Å². The van der Waals surface area contributed by atoms with Gasteiger partial charge < -0.3 is 27.4 Å². The van der Waals surface area contributed by atoms with Crippen molar-refractivity contribution >= 4 is 17.9 Å². The van der Waals surface area contributed by atoms with Crippen LogP contribution in [0.2, 0.25) is 0 Å². The normalized spacial score (nSPS) is 14.9. The van der Waals surface area contributed by atoms with Crippen molar-refractivity contribution in [3.05, 3.63) is 0 Å². The largest absolute Gasteiger partial charge is 0.481 e. The Balaban J connectivity index is 0.000000397. The number of rotatable bonds is 6. The summed E-state index contributed by atoms with van der Waals surface area (Å²) in [6.07, 6.45) is 2.75. The minimum atomic E-state index is -1.00. The molecule has 0 radical (unpaired) electrons. The Morgan fingerprint density at radius 2 is 1.83 bits per heavy atom. The number of aliphatic imine (C=N–C) groups is 1. The van der Waals surface area contributed by atoms with Crippen LogP contribution in [0.4, 0.5) is 0 Å². The highest BCUT2D eigenvalue weighted by molar-refractivity contribution is 5.75. The van der Waals surface area contributed by atoms with Gasteiger partial charge in [-0.1, -0.05) is 0 Å². The molecule has 0 saturated heterocycles. The van der Waals surface area contributed by atoms with Crippen molar-refractivity contribution < 1.29 is 19.8 Å². The predicted molar refractivity (Wildman–Crippen MR) is 65.9 cm³/mol. The molecule has 1 atom stereocenters. The topological polar surface area (TPSA) is 165 Å². The van der Waals surface area contributed by atoms with Crippen LogP contribution in [0, 0.1) is 5.92 Å². The Morgan fingerprint density at radius 3 is 2.11 bits per heavy atom. The molecule has 0 aromatic heterocycles. The van der Waals surface area contributed by atoms with Gasteiger partial charge in [0.1, 0.15) is 6.04 Å². The van der Waals surface area contributed by atoms with E-state index in [0.717, 1.165) is 12.8 Å². The van der Waals surface area contributed by atoms with Gasteiger partial charge in [0.2, 0.25) is 0 Å². The maximum atomic E-state index is 10.2. The molecule has 8 N–H and O–H groups in total. The summed E-state index contributed by atoms with van der Waals surface area (Å²) >= 11 is 0. The first kappa shape index (κ1) is 16.2. The molecule has 8 nitrogen and oxygen atoms in total. The van der Waals surface area contributed by atoms with Crippen molar-refractivity contribution in [2.24, 2.45) is 28.1 Å². The van der Waals surface area contributed by atoms with Gasteiger partial charge in [0.25, 0.3) is 0 Å². The summed E-state index contributed by atoms with van der Waals surface area (Å²) in [4.78, 5) is 23.7. The monoisotopic (exact) mass is 260 g/mol. The van der Waals surface area contributed by atoms with Crippen LogP contribution in [-0.2, 0) is 9.59 Å². The highest BCUT2D eigenvalue weighted by Gasteiger charge is 2.28. The van der Waals surface area contributed by atoms with Gasteiger partial charge in [0, 0.05) is 6.54 Å². The third-order valence-electron chi connectivity index (χ3n) is 2.21. The van der Waals surface area contributed by atoms with Crippen molar-refractivity contribution in [3.8, 4) is 0 Å². The molecule has 0 amide bonds. The van der Waals surface area contributed by atoms with Crippen LogP contribution >= 0.6 is 0 Å². The lowest BCUT2D eigenvalue weighted by Gasteiger charge is -2.03. The van der Waals surface area contributed by atoms with Crippen molar-refractivity contribution in [3.63, 3.8) is 0 Å². The van der Waals surface area contributed by atoms with Crippen molar-refractivity contribution in [1.29, 1.82) is 0 Å². The second-order valence-corrected chi connectivity index (χ2v) is 4.01. The quantitative estimate of drug-likeness (QED) is 0.230. The van der Waals surface area contributed by atoms with Crippen LogP contribution in [-0.4, -0.2) is 40.7 Å². The van der Waals surface area contributed by atoms with E-state index in [-0.39, 0.29) is 11.9 Å². The molecule has 1 saturated carbocycles. The van der Waals surface area contributed by atoms with Crippen LogP contribution in [0.25, 0.3) is 0 Å². The van der Waals surface area contributed by atoms with Crippen LogP contribution < -0.4 is 17.2 Å². The van der Waals surface area contributed by atoms with Crippen LogP contribution in [0.5, 0.6) is 0 Å². The molecule has 1 unspecified atom stereocenters. The van der Waals surface area contributed by atoms with E-state index in [1.807, 2.05) is 0 Å². The molecule has 1 aliphatic rings. The average molecular weight is 260 g/mol. The van der Waals surface area contributed by atoms with Gasteiger partial charge in [-0.05, 0) is 25.7 Å². The Labute approximate surface area is 105 Å². The third kappa shape index (κ3) is 9.40. The summed E-state index contributed by atoms with van der Waals surface area (Å²) < 4.78 is 0. The van der Waals surface area contributed by atoms with Crippen LogP contribution in [0.15, 0.2) is 4.99 Å². The van der Waals surface area contributed by atoms with Gasteiger partial charge in [-0.2, -0.15) is 0 Å². The first-order valence-corrected chi connectivity index (χ1v) is 5.61. The zero-order chi connectivity index (χ0) is 14.1. The summed E-state index contributed by atoms with van der Waals surface area (Å²) in [5, 5.41) is 16.4. The molecule has 0 bridgehead atoms. The highest BCUT2D eigenvalue weighted by Crippen LogP contribution is 2.28. The van der Waals surface area contributed by atoms with Crippen LogP contribution in [0.1, 0.15) is 25.7 Å². The zero-order valence-electron chi connectivity index (χ0n) is 10.1. The predicted octanol–water partition coefficient (Wildman–Crippen LogP) is -1.07. The van der Waals surface area contributed by atoms with Crippen molar-refractivity contribution in [2.75, 3.05) is 6.54 Å². The minimum Gasteiger partial charge on any atom is -0.481 e. The molecular weight excluding hydrogens is 240 g/mol. The number of hydrogen-bond donors (Lipinski definition) is 5. The molecule has 0 aliphatic heterocycles. The smallest absolute Gasteiger partial charge is 0.320 e. The molecule has 1 aliphatic carbocycles. The molecule has 0 aromatic carbocycles. The Bertz CT molecular complexity index is 311. The molecule has 0 aromatic rings. The Kier molecular flexibility index (Phi) is 7.45. The van der Waals surface area contributed by atoms with E-state index >= 15 is 0 Å². The van der Waals surface area contributed by atoms with Gasteiger partial charge in [-0.3, -0.25) is 14.6 Å². The maximum Gasteiger partial charge on any atom is 0.320 e. The number of hydrogen-bond acceptors (Lipinski definition) is 4. The van der Waals surface area contributed by atoms with Gasteiger partial charge in [0.05, 0.1) is 5.92 Å². The average Bonchev–Trinajstić information content (AvgIpc) is 3.07. The van der Waals surface area contributed by atoms with E-state index in [2.05, 4.69) is 4.99 Å². The lowest BCUT2D eigenvalue weighted by Crippen LogP contribution is -2.30. The molecule has 1 rings (SSSR count). The number of carbonyl (C=O) groups is 2. The Hall–Kier alpha value is -1.83. The van der Waals surface area contributed by atoms with Gasteiger partial charge in [0.15, 0.2) is 5.96 Å². The summed E-state index contributed by atoms with van der Waals surface area (Å²) in [5.74, 6) is -1.60. The van der Waals surface area contributed by atoms with E-state index in [9.17, 15) is 9.59 Å². The van der Waals surface area contributed by atoms with E-state index in [1.54, 1.807) is 0 Å². The number of guanidine groups is 1. The van der Waals surface area contributed by atoms with Gasteiger partial charge in [-0.15, -0.1) is 0 Å². The molecule has 0 spiro atoms. The minimum absolute atomic E-state index is 0.0129. The summed E-state index contributed by atoms with van der Waals surface area (Å²) in [5.41, 5.74) is 15.3. The number of aliphatic carboxylic acids is 2. The molecule has 8 heteroatoms. The number of carboxylic acid groups (broad SMARTS) is 2. The van der Waals surface area contributed by atoms with Crippen molar-refractivity contribution in [2.45, 2.75) is 31.7 Å². The summed E-state index contributed by atoms with van der Waals surface area (Å²) in [6, 6.07) is -0.820. The zero-order valence-corrected chi connectivity index (χ0v) is 10.1. The van der Waals surface area contributed by atoms with Gasteiger partial charge >= 0.3 is 11.9 Å². The molecular formula is C10H20N4O4. The van der Waals surface area contributed by atoms with E-state index < -0.39 is 18.0 Å². The van der Waals surface area contributed by atoms with E-state index in [4.69, 9.17) is 27.4 Å². The highest BCUT2D eigenvalue weighted by atomic mass is 16.4.